The van der Waals surface area contributed by atoms with Crippen molar-refractivity contribution in [2.75, 3.05) is 0 Å². The molecule has 1 rings (SSSR count). The summed E-state index contributed by atoms with van der Waals surface area (Å²) in [6, 6.07) is 7.62. The molecule has 0 aliphatic carbocycles. The van der Waals surface area contributed by atoms with E-state index in [1.54, 1.807) is 12.1 Å². The molecule has 1 aromatic rings. The van der Waals surface area contributed by atoms with Crippen molar-refractivity contribution in [1.29, 1.82) is 0 Å². The van der Waals surface area contributed by atoms with E-state index in [-0.39, 0.29) is 0 Å². The van der Waals surface area contributed by atoms with E-state index >= 15 is 0 Å². The normalized spacial score (nSPS) is 13.8. The highest BCUT2D eigenvalue weighted by molar-refractivity contribution is 5.26. The second kappa shape index (κ2) is 5.38. The van der Waals surface area contributed by atoms with E-state index in [2.05, 4.69) is 27.7 Å². The van der Waals surface area contributed by atoms with E-state index in [0.29, 0.717) is 17.1 Å². The minimum Gasteiger partial charge on any atom is -0.508 e. The first-order chi connectivity index (χ1) is 7.43. The molecule has 90 valence electrons. The second-order valence-electron chi connectivity index (χ2n) is 5.72. The summed E-state index contributed by atoms with van der Waals surface area (Å²) >= 11 is 0. The van der Waals surface area contributed by atoms with E-state index in [4.69, 9.17) is 0 Å². The van der Waals surface area contributed by atoms with Gasteiger partial charge in [0.1, 0.15) is 5.75 Å². The Kier molecular flexibility index (Phi) is 4.40. The topological polar surface area (TPSA) is 20.2 Å². The van der Waals surface area contributed by atoms with Gasteiger partial charge in [0.15, 0.2) is 0 Å². The Morgan fingerprint density at radius 3 is 2.12 bits per heavy atom. The molecule has 1 nitrogen and oxygen atoms in total. The van der Waals surface area contributed by atoms with Crippen molar-refractivity contribution in [2.24, 2.45) is 11.3 Å². The molecule has 16 heavy (non-hydrogen) atoms. The molecular formula is C15H24O. The van der Waals surface area contributed by atoms with Crippen LogP contribution >= 0.6 is 0 Å². The molecule has 0 bridgehead atoms. The molecule has 1 aromatic carbocycles. The molecule has 0 spiro atoms. The maximum Gasteiger partial charge on any atom is 0.115 e. The lowest BCUT2D eigenvalue weighted by Crippen LogP contribution is -2.22. The van der Waals surface area contributed by atoms with Gasteiger partial charge in [-0.15, -0.1) is 0 Å². The van der Waals surface area contributed by atoms with Gasteiger partial charge in [-0.3, -0.25) is 0 Å². The van der Waals surface area contributed by atoms with Crippen molar-refractivity contribution in [1.82, 2.24) is 0 Å². The zero-order chi connectivity index (χ0) is 12.2. The van der Waals surface area contributed by atoms with Crippen LogP contribution in [0.5, 0.6) is 5.75 Å². The lowest BCUT2D eigenvalue weighted by Gasteiger charge is -2.30. The van der Waals surface area contributed by atoms with Gasteiger partial charge >= 0.3 is 0 Å². The van der Waals surface area contributed by atoms with Gasteiger partial charge < -0.3 is 5.11 Å². The molecule has 0 amide bonds. The van der Waals surface area contributed by atoms with Crippen molar-refractivity contribution in [3.63, 3.8) is 0 Å². The summed E-state index contributed by atoms with van der Waals surface area (Å²) in [5.74, 6) is 1.06. The minimum atomic E-state index is 0.353. The summed E-state index contributed by atoms with van der Waals surface area (Å²) in [4.78, 5) is 0. The van der Waals surface area contributed by atoms with Crippen molar-refractivity contribution in [2.45, 2.75) is 47.0 Å². The first kappa shape index (κ1) is 13.1. The van der Waals surface area contributed by atoms with E-state index in [1.807, 2.05) is 12.1 Å². The number of benzene rings is 1. The zero-order valence-electron chi connectivity index (χ0n) is 11.0. The summed E-state index contributed by atoms with van der Waals surface area (Å²) in [5.41, 5.74) is 1.68. The molecule has 0 heterocycles. The average molecular weight is 220 g/mol. The van der Waals surface area contributed by atoms with E-state index in [9.17, 15) is 5.11 Å². The fourth-order valence-corrected chi connectivity index (χ4v) is 2.11. The Morgan fingerprint density at radius 1 is 1.12 bits per heavy atom. The lowest BCUT2D eigenvalue weighted by molar-refractivity contribution is 0.222. The minimum absolute atomic E-state index is 0.353. The Bertz CT molecular complexity index is 305. The van der Waals surface area contributed by atoms with E-state index < -0.39 is 0 Å². The third-order valence-electron chi connectivity index (χ3n) is 3.28. The quantitative estimate of drug-likeness (QED) is 0.797. The molecule has 0 saturated carbocycles. The SMILES string of the molecule is CCCC(Cc1ccc(O)cc1)C(C)(C)C. The van der Waals surface area contributed by atoms with Gasteiger partial charge in [-0.05, 0) is 41.9 Å². The summed E-state index contributed by atoms with van der Waals surface area (Å²) in [6.45, 7) is 9.19. The molecule has 1 N–H and O–H groups in total. The van der Waals surface area contributed by atoms with Crippen molar-refractivity contribution in [3.8, 4) is 5.75 Å². The van der Waals surface area contributed by atoms with Crippen molar-refractivity contribution < 1.29 is 5.11 Å². The lowest BCUT2D eigenvalue weighted by atomic mass is 9.75. The van der Waals surface area contributed by atoms with Crippen molar-refractivity contribution >= 4 is 0 Å². The number of phenols is 1. The molecule has 1 unspecified atom stereocenters. The summed E-state index contributed by atoms with van der Waals surface area (Å²) < 4.78 is 0. The van der Waals surface area contributed by atoms with Crippen LogP contribution in [-0.4, -0.2) is 5.11 Å². The maximum absolute atomic E-state index is 9.25. The summed E-state index contributed by atoms with van der Waals surface area (Å²) in [7, 11) is 0. The molecule has 0 saturated heterocycles. The Balaban J connectivity index is 2.72. The van der Waals surface area contributed by atoms with Crippen LogP contribution in [0.1, 0.15) is 46.1 Å². The van der Waals surface area contributed by atoms with Gasteiger partial charge in [0, 0.05) is 0 Å². The molecule has 0 aromatic heterocycles. The van der Waals surface area contributed by atoms with Crippen LogP contribution < -0.4 is 0 Å². The molecule has 0 aliphatic rings. The van der Waals surface area contributed by atoms with E-state index in [1.165, 1.54) is 18.4 Å². The molecule has 0 fully saturated rings. The van der Waals surface area contributed by atoms with Crippen molar-refractivity contribution in [3.05, 3.63) is 29.8 Å². The van der Waals surface area contributed by atoms with Gasteiger partial charge in [0.25, 0.3) is 0 Å². The number of hydrogen-bond donors (Lipinski definition) is 1. The Morgan fingerprint density at radius 2 is 1.69 bits per heavy atom. The molecule has 1 atom stereocenters. The molecule has 0 aliphatic heterocycles. The monoisotopic (exact) mass is 220 g/mol. The average Bonchev–Trinajstić information content (AvgIpc) is 2.19. The Labute approximate surface area is 99.5 Å². The number of phenolic OH excluding ortho intramolecular Hbond substituents is 1. The van der Waals surface area contributed by atoms with Crippen LogP contribution in [0.2, 0.25) is 0 Å². The molecule has 1 heteroatoms. The van der Waals surface area contributed by atoms with Crippen LogP contribution in [0.15, 0.2) is 24.3 Å². The van der Waals surface area contributed by atoms with Crippen LogP contribution in [0.3, 0.4) is 0 Å². The number of rotatable bonds is 4. The summed E-state index contributed by atoms with van der Waals surface area (Å²) in [6.07, 6.45) is 3.61. The highest BCUT2D eigenvalue weighted by Crippen LogP contribution is 2.32. The smallest absolute Gasteiger partial charge is 0.115 e. The third kappa shape index (κ3) is 3.88. The van der Waals surface area contributed by atoms with Crippen LogP contribution in [0.25, 0.3) is 0 Å². The number of hydrogen-bond acceptors (Lipinski definition) is 1. The van der Waals surface area contributed by atoms with Gasteiger partial charge in [-0.2, -0.15) is 0 Å². The van der Waals surface area contributed by atoms with E-state index in [0.717, 1.165) is 6.42 Å². The number of aromatic hydroxyl groups is 1. The predicted molar refractivity (Wildman–Crippen MR) is 69.7 cm³/mol. The van der Waals surface area contributed by atoms with Gasteiger partial charge in [-0.1, -0.05) is 46.2 Å². The van der Waals surface area contributed by atoms with Crippen LogP contribution in [-0.2, 0) is 6.42 Å². The van der Waals surface area contributed by atoms with Crippen LogP contribution in [0.4, 0.5) is 0 Å². The van der Waals surface area contributed by atoms with Gasteiger partial charge in [0.05, 0.1) is 0 Å². The van der Waals surface area contributed by atoms with Crippen LogP contribution in [0, 0.1) is 11.3 Å². The summed E-state index contributed by atoms with van der Waals surface area (Å²) in [5, 5.41) is 9.25. The fraction of sp³-hybridized carbons (Fsp3) is 0.600. The highest BCUT2D eigenvalue weighted by atomic mass is 16.3. The standard InChI is InChI=1S/C15H24O/c1-5-6-13(15(2,3)4)11-12-7-9-14(16)10-8-12/h7-10,13,16H,5-6,11H2,1-4H3. The maximum atomic E-state index is 9.25. The largest absolute Gasteiger partial charge is 0.508 e. The first-order valence-corrected chi connectivity index (χ1v) is 6.21. The molecule has 0 radical (unpaired) electrons. The predicted octanol–water partition coefficient (Wildman–Crippen LogP) is 4.40. The third-order valence-corrected chi connectivity index (χ3v) is 3.28. The highest BCUT2D eigenvalue weighted by Gasteiger charge is 2.23. The zero-order valence-corrected chi connectivity index (χ0v) is 11.0. The Hall–Kier alpha value is -0.980. The first-order valence-electron chi connectivity index (χ1n) is 6.21. The fourth-order valence-electron chi connectivity index (χ4n) is 2.11. The molecular weight excluding hydrogens is 196 g/mol. The van der Waals surface area contributed by atoms with Gasteiger partial charge in [0.2, 0.25) is 0 Å². The van der Waals surface area contributed by atoms with Gasteiger partial charge in [-0.25, -0.2) is 0 Å². The second-order valence-corrected chi connectivity index (χ2v) is 5.72.